The number of hydrogen-bond acceptors (Lipinski definition) is 5. The number of alkyl carbamates (subject to hydrolysis) is 1. The molecule has 0 bridgehead atoms. The average Bonchev–Trinajstić information content (AvgIpc) is 3.16. The van der Waals surface area contributed by atoms with Gasteiger partial charge in [-0.15, -0.1) is 0 Å². The van der Waals surface area contributed by atoms with E-state index in [0.717, 1.165) is 22.3 Å². The van der Waals surface area contributed by atoms with Crippen LogP contribution in [0, 0.1) is 5.92 Å². The molecule has 3 rings (SSSR count). The third kappa shape index (κ3) is 6.39. The third-order valence-electron chi connectivity index (χ3n) is 6.41. The van der Waals surface area contributed by atoms with Crippen molar-refractivity contribution in [2.45, 2.75) is 32.2 Å². The lowest BCUT2D eigenvalue weighted by molar-refractivity contribution is -0.143. The molecule has 0 radical (unpaired) electrons. The van der Waals surface area contributed by atoms with Gasteiger partial charge in [0.15, 0.2) is 0 Å². The van der Waals surface area contributed by atoms with Crippen LogP contribution in [0.25, 0.3) is 11.1 Å². The minimum absolute atomic E-state index is 0.0763. The standard InChI is InChI=1S/C27H35N3O5/c1-5-30(16-18(2)26(32)33)25(31)24(14-15-29(3)4)28-27(34)35-17-23-21-12-8-6-10-19(21)20-11-7-9-13-22(20)23/h6-13,18,23-24H,5,14-17H2,1-4H3,(H,28,34)(H,32,33). The maximum atomic E-state index is 13.2. The van der Waals surface area contributed by atoms with Crippen LogP contribution < -0.4 is 5.32 Å². The number of hydrogen-bond donors (Lipinski definition) is 2. The number of fused-ring (bicyclic) bond motifs is 3. The molecule has 1 aliphatic carbocycles. The zero-order valence-electron chi connectivity index (χ0n) is 20.9. The Morgan fingerprint density at radius 1 is 1.03 bits per heavy atom. The van der Waals surface area contributed by atoms with E-state index in [4.69, 9.17) is 4.74 Å². The van der Waals surface area contributed by atoms with E-state index in [1.54, 1.807) is 13.8 Å². The number of nitrogens with one attached hydrogen (secondary N) is 1. The first-order chi connectivity index (χ1) is 16.7. The van der Waals surface area contributed by atoms with Crippen LogP contribution in [0.1, 0.15) is 37.3 Å². The van der Waals surface area contributed by atoms with Gasteiger partial charge >= 0.3 is 12.1 Å². The fourth-order valence-corrected chi connectivity index (χ4v) is 4.43. The van der Waals surface area contributed by atoms with E-state index in [9.17, 15) is 19.5 Å². The highest BCUT2D eigenvalue weighted by Gasteiger charge is 2.31. The summed E-state index contributed by atoms with van der Waals surface area (Å²) < 4.78 is 5.63. The van der Waals surface area contributed by atoms with Gasteiger partial charge in [-0.25, -0.2) is 4.79 Å². The van der Waals surface area contributed by atoms with Crippen LogP contribution in [-0.4, -0.2) is 79.3 Å². The second-order valence-corrected chi connectivity index (χ2v) is 9.23. The summed E-state index contributed by atoms with van der Waals surface area (Å²) in [6.07, 6.45) is -0.278. The molecule has 0 heterocycles. The van der Waals surface area contributed by atoms with Crippen molar-refractivity contribution in [2.24, 2.45) is 5.92 Å². The first kappa shape index (κ1) is 26.2. The van der Waals surface area contributed by atoms with E-state index in [2.05, 4.69) is 17.4 Å². The molecule has 0 spiro atoms. The molecule has 2 amide bonds. The monoisotopic (exact) mass is 481 g/mol. The topological polar surface area (TPSA) is 99.2 Å². The number of carboxylic acids is 1. The largest absolute Gasteiger partial charge is 0.481 e. The molecule has 0 saturated carbocycles. The summed E-state index contributed by atoms with van der Waals surface area (Å²) >= 11 is 0. The molecule has 0 aromatic heterocycles. The predicted octanol–water partition coefficient (Wildman–Crippen LogP) is 3.41. The SMILES string of the molecule is CCN(CC(C)C(=O)O)C(=O)C(CCN(C)C)NC(=O)OCC1c2ccccc2-c2ccccc21. The molecule has 0 saturated heterocycles. The maximum absolute atomic E-state index is 13.2. The van der Waals surface area contributed by atoms with Crippen molar-refractivity contribution in [3.05, 3.63) is 59.7 Å². The van der Waals surface area contributed by atoms with Gasteiger partial charge in [0.1, 0.15) is 12.6 Å². The molecule has 188 valence electrons. The highest BCUT2D eigenvalue weighted by atomic mass is 16.5. The molecule has 2 atom stereocenters. The zero-order chi connectivity index (χ0) is 25.5. The summed E-state index contributed by atoms with van der Waals surface area (Å²) in [5.41, 5.74) is 4.51. The first-order valence-electron chi connectivity index (χ1n) is 12.0. The van der Waals surface area contributed by atoms with Crippen LogP contribution in [0.15, 0.2) is 48.5 Å². The molecular formula is C27H35N3O5. The molecule has 0 fully saturated rings. The van der Waals surface area contributed by atoms with Gasteiger partial charge in [0, 0.05) is 19.0 Å². The van der Waals surface area contributed by atoms with Gasteiger partial charge in [-0.1, -0.05) is 55.5 Å². The highest BCUT2D eigenvalue weighted by molar-refractivity contribution is 5.86. The van der Waals surface area contributed by atoms with Gasteiger partial charge in [0.25, 0.3) is 0 Å². The Hall–Kier alpha value is -3.39. The molecule has 35 heavy (non-hydrogen) atoms. The summed E-state index contributed by atoms with van der Waals surface area (Å²) in [6, 6.07) is 15.4. The fourth-order valence-electron chi connectivity index (χ4n) is 4.43. The van der Waals surface area contributed by atoms with Gasteiger partial charge in [-0.05, 0) is 56.2 Å². The van der Waals surface area contributed by atoms with Crippen molar-refractivity contribution in [2.75, 3.05) is 40.3 Å². The number of nitrogens with zero attached hydrogens (tertiary/aromatic N) is 2. The highest BCUT2D eigenvalue weighted by Crippen LogP contribution is 2.44. The lowest BCUT2D eigenvalue weighted by Gasteiger charge is -2.28. The van der Waals surface area contributed by atoms with E-state index in [0.29, 0.717) is 19.5 Å². The summed E-state index contributed by atoms with van der Waals surface area (Å²) in [7, 11) is 3.78. The normalized spacial score (nSPS) is 14.1. The van der Waals surface area contributed by atoms with E-state index in [1.807, 2.05) is 55.4 Å². The average molecular weight is 482 g/mol. The van der Waals surface area contributed by atoms with Gasteiger partial charge < -0.3 is 25.0 Å². The smallest absolute Gasteiger partial charge is 0.407 e. The van der Waals surface area contributed by atoms with E-state index in [-0.39, 0.29) is 25.0 Å². The fraction of sp³-hybridized carbons (Fsp3) is 0.444. The van der Waals surface area contributed by atoms with E-state index in [1.165, 1.54) is 4.90 Å². The van der Waals surface area contributed by atoms with Gasteiger partial charge in [0.05, 0.1) is 5.92 Å². The third-order valence-corrected chi connectivity index (χ3v) is 6.41. The Kier molecular flexibility index (Phi) is 8.87. The molecule has 2 aromatic carbocycles. The number of carbonyl (C=O) groups is 3. The molecule has 2 aromatic rings. The minimum atomic E-state index is -0.967. The van der Waals surface area contributed by atoms with Crippen LogP contribution >= 0.6 is 0 Å². The Balaban J connectivity index is 1.69. The maximum Gasteiger partial charge on any atom is 0.407 e. The van der Waals surface area contributed by atoms with Crippen LogP contribution in [0.5, 0.6) is 0 Å². The molecule has 2 N–H and O–H groups in total. The van der Waals surface area contributed by atoms with Crippen molar-refractivity contribution in [1.82, 2.24) is 15.1 Å². The van der Waals surface area contributed by atoms with E-state index >= 15 is 0 Å². The number of rotatable bonds is 11. The number of carbonyl (C=O) groups excluding carboxylic acids is 2. The minimum Gasteiger partial charge on any atom is -0.481 e. The first-order valence-corrected chi connectivity index (χ1v) is 12.0. The molecular weight excluding hydrogens is 446 g/mol. The second-order valence-electron chi connectivity index (χ2n) is 9.23. The van der Waals surface area contributed by atoms with Gasteiger partial charge in [-0.2, -0.15) is 0 Å². The van der Waals surface area contributed by atoms with E-state index < -0.39 is 24.0 Å². The molecule has 8 nitrogen and oxygen atoms in total. The number of carboxylic acid groups (broad SMARTS) is 1. The van der Waals surface area contributed by atoms with Crippen molar-refractivity contribution in [3.8, 4) is 11.1 Å². The molecule has 8 heteroatoms. The van der Waals surface area contributed by atoms with Crippen molar-refractivity contribution < 1.29 is 24.2 Å². The second kappa shape index (κ2) is 11.8. The van der Waals surface area contributed by atoms with Crippen LogP contribution in [0.3, 0.4) is 0 Å². The van der Waals surface area contributed by atoms with Crippen LogP contribution in [0.2, 0.25) is 0 Å². The molecule has 1 aliphatic rings. The summed E-state index contributed by atoms with van der Waals surface area (Å²) in [5, 5.41) is 12.0. The Morgan fingerprint density at radius 2 is 1.60 bits per heavy atom. The summed E-state index contributed by atoms with van der Waals surface area (Å²) in [4.78, 5) is 40.7. The number of ether oxygens (including phenoxy) is 1. The molecule has 2 unspecified atom stereocenters. The number of likely N-dealkylation sites (N-methyl/N-ethyl adjacent to an activating group) is 1. The number of benzene rings is 2. The van der Waals surface area contributed by atoms with Gasteiger partial charge in [0.2, 0.25) is 5.91 Å². The lowest BCUT2D eigenvalue weighted by atomic mass is 9.98. The zero-order valence-corrected chi connectivity index (χ0v) is 20.9. The van der Waals surface area contributed by atoms with Crippen LogP contribution in [0.4, 0.5) is 4.79 Å². The van der Waals surface area contributed by atoms with Crippen molar-refractivity contribution in [1.29, 1.82) is 0 Å². The van der Waals surface area contributed by atoms with Crippen LogP contribution in [-0.2, 0) is 14.3 Å². The number of aliphatic carboxylic acids is 1. The summed E-state index contributed by atoms with van der Waals surface area (Å²) in [5.74, 6) is -2.06. The molecule has 0 aliphatic heterocycles. The summed E-state index contributed by atoms with van der Waals surface area (Å²) in [6.45, 7) is 4.51. The lowest BCUT2D eigenvalue weighted by Crippen LogP contribution is -2.51. The number of amides is 2. The van der Waals surface area contributed by atoms with Gasteiger partial charge in [-0.3, -0.25) is 9.59 Å². The predicted molar refractivity (Wildman–Crippen MR) is 134 cm³/mol. The Morgan fingerprint density at radius 3 is 2.11 bits per heavy atom. The Labute approximate surface area is 206 Å². The quantitative estimate of drug-likeness (QED) is 0.510. The van der Waals surface area contributed by atoms with Crippen molar-refractivity contribution in [3.63, 3.8) is 0 Å². The van der Waals surface area contributed by atoms with Crippen molar-refractivity contribution >= 4 is 18.0 Å². The Bertz CT molecular complexity index is 1010.